The highest BCUT2D eigenvalue weighted by Gasteiger charge is 2.29. The fourth-order valence-corrected chi connectivity index (χ4v) is 5.34. The van der Waals surface area contributed by atoms with Gasteiger partial charge in [0.25, 0.3) is 0 Å². The van der Waals surface area contributed by atoms with E-state index in [4.69, 9.17) is 0 Å². The number of fused-ring (bicyclic) bond motifs is 1. The average molecular weight is 372 g/mol. The Kier molecular flexibility index (Phi) is 5.07. The van der Waals surface area contributed by atoms with Crippen LogP contribution in [0.2, 0.25) is 0 Å². The van der Waals surface area contributed by atoms with Crippen molar-refractivity contribution in [3.05, 3.63) is 59.4 Å². The van der Waals surface area contributed by atoms with Crippen LogP contribution in [0.4, 0.5) is 0 Å². The monoisotopic (exact) mass is 371 g/mol. The van der Waals surface area contributed by atoms with Gasteiger partial charge in [-0.3, -0.25) is 4.98 Å². The van der Waals surface area contributed by atoms with E-state index in [1.807, 2.05) is 36.5 Å². The molecule has 0 saturated carbocycles. The molecule has 0 atom stereocenters. The van der Waals surface area contributed by atoms with Crippen molar-refractivity contribution >= 4 is 10.0 Å². The molecule has 0 amide bonds. The third kappa shape index (κ3) is 3.68. The highest BCUT2D eigenvalue weighted by Crippen LogP contribution is 2.26. The Hall–Kier alpha value is -1.76. The predicted molar refractivity (Wildman–Crippen MR) is 102 cm³/mol. The topological polar surface area (TPSA) is 53.5 Å². The molecule has 2 aliphatic rings. The molecule has 0 N–H and O–H groups in total. The summed E-state index contributed by atoms with van der Waals surface area (Å²) in [5, 5.41) is 0. The molecule has 2 aromatic rings. The first kappa shape index (κ1) is 17.6. The number of rotatable bonds is 5. The third-order valence-corrected chi connectivity index (χ3v) is 7.34. The van der Waals surface area contributed by atoms with Crippen LogP contribution in [0.5, 0.6) is 0 Å². The first-order valence-corrected chi connectivity index (χ1v) is 10.8. The molecule has 1 fully saturated rings. The van der Waals surface area contributed by atoms with Crippen LogP contribution >= 0.6 is 0 Å². The molecule has 1 aliphatic carbocycles. The van der Waals surface area contributed by atoms with E-state index in [-0.39, 0.29) is 0 Å². The third-order valence-electron chi connectivity index (χ3n) is 5.45. The highest BCUT2D eigenvalue weighted by molar-refractivity contribution is 7.89. The number of hydrogen-bond acceptors (Lipinski definition) is 4. The van der Waals surface area contributed by atoms with Crippen molar-refractivity contribution in [2.75, 3.05) is 32.7 Å². The molecule has 1 saturated heterocycles. The number of nitrogens with zero attached hydrogens (tertiary/aromatic N) is 3. The fourth-order valence-electron chi connectivity index (χ4n) is 3.87. The lowest BCUT2D eigenvalue weighted by molar-refractivity contribution is 0.190. The number of aromatic nitrogens is 1. The summed E-state index contributed by atoms with van der Waals surface area (Å²) in [6.45, 7) is 3.58. The normalized spacial score (nSPS) is 18.8. The summed E-state index contributed by atoms with van der Waals surface area (Å²) in [6, 6.07) is 11.6. The number of pyridine rings is 1. The molecular formula is C20H25N3O2S. The molecule has 5 nitrogen and oxygen atoms in total. The Bertz CT molecular complexity index is 860. The van der Waals surface area contributed by atoms with Crippen LogP contribution in [0.3, 0.4) is 0 Å². The first-order valence-electron chi connectivity index (χ1n) is 9.37. The Morgan fingerprint density at radius 3 is 2.54 bits per heavy atom. The fraction of sp³-hybridized carbons (Fsp3) is 0.450. The summed E-state index contributed by atoms with van der Waals surface area (Å²) in [4.78, 5) is 7.13. The van der Waals surface area contributed by atoms with Gasteiger partial charge in [0, 0.05) is 51.0 Å². The van der Waals surface area contributed by atoms with Crippen LogP contribution in [-0.4, -0.2) is 55.3 Å². The molecular weight excluding hydrogens is 346 g/mol. The van der Waals surface area contributed by atoms with E-state index in [1.54, 1.807) is 10.4 Å². The number of benzene rings is 1. The van der Waals surface area contributed by atoms with Gasteiger partial charge in [-0.1, -0.05) is 12.1 Å². The van der Waals surface area contributed by atoms with Crippen molar-refractivity contribution in [3.8, 4) is 0 Å². The second kappa shape index (κ2) is 7.47. The molecule has 0 radical (unpaired) electrons. The first-order chi connectivity index (χ1) is 12.6. The van der Waals surface area contributed by atoms with Crippen molar-refractivity contribution in [1.29, 1.82) is 0 Å². The van der Waals surface area contributed by atoms with Crippen LogP contribution in [0.1, 0.15) is 23.2 Å². The van der Waals surface area contributed by atoms with E-state index < -0.39 is 10.0 Å². The van der Waals surface area contributed by atoms with Crippen molar-refractivity contribution < 1.29 is 8.42 Å². The molecule has 1 aliphatic heterocycles. The second-order valence-corrected chi connectivity index (χ2v) is 9.04. The van der Waals surface area contributed by atoms with E-state index in [1.165, 1.54) is 11.1 Å². The zero-order valence-corrected chi connectivity index (χ0v) is 15.8. The summed E-state index contributed by atoms with van der Waals surface area (Å²) in [7, 11) is -3.38. The van der Waals surface area contributed by atoms with Gasteiger partial charge >= 0.3 is 0 Å². The van der Waals surface area contributed by atoms with E-state index in [2.05, 4.69) is 9.88 Å². The SMILES string of the molecule is O=S(=O)(c1ccc2c(c1)CCC2)N1CCN(CCc2ccccn2)CC1. The lowest BCUT2D eigenvalue weighted by Gasteiger charge is -2.34. The Labute approximate surface area is 155 Å². The van der Waals surface area contributed by atoms with Gasteiger partial charge in [-0.2, -0.15) is 4.31 Å². The van der Waals surface area contributed by atoms with Gasteiger partial charge in [-0.25, -0.2) is 8.42 Å². The molecule has 4 rings (SSSR count). The summed E-state index contributed by atoms with van der Waals surface area (Å²) in [5.74, 6) is 0. The van der Waals surface area contributed by atoms with Gasteiger partial charge in [0.1, 0.15) is 0 Å². The van der Waals surface area contributed by atoms with Gasteiger partial charge in [0.05, 0.1) is 4.90 Å². The number of hydrogen-bond donors (Lipinski definition) is 0. The molecule has 6 heteroatoms. The van der Waals surface area contributed by atoms with Gasteiger partial charge in [0.15, 0.2) is 0 Å². The minimum Gasteiger partial charge on any atom is -0.300 e. The Morgan fingerprint density at radius 1 is 0.962 bits per heavy atom. The largest absolute Gasteiger partial charge is 0.300 e. The molecule has 1 aromatic heterocycles. The Balaban J connectivity index is 1.36. The van der Waals surface area contributed by atoms with Crippen molar-refractivity contribution in [2.45, 2.75) is 30.6 Å². The molecule has 26 heavy (non-hydrogen) atoms. The molecule has 138 valence electrons. The van der Waals surface area contributed by atoms with Gasteiger partial charge in [-0.15, -0.1) is 0 Å². The number of sulfonamides is 1. The molecule has 1 aromatic carbocycles. The maximum atomic E-state index is 13.0. The summed E-state index contributed by atoms with van der Waals surface area (Å²) >= 11 is 0. The molecule has 0 spiro atoms. The van der Waals surface area contributed by atoms with Crippen LogP contribution in [0, 0.1) is 0 Å². The minimum atomic E-state index is -3.38. The molecule has 0 unspecified atom stereocenters. The summed E-state index contributed by atoms with van der Waals surface area (Å²) in [5.41, 5.74) is 3.60. The second-order valence-electron chi connectivity index (χ2n) is 7.10. The van der Waals surface area contributed by atoms with Crippen LogP contribution in [0.25, 0.3) is 0 Å². The van der Waals surface area contributed by atoms with Gasteiger partial charge in [0.2, 0.25) is 10.0 Å². The van der Waals surface area contributed by atoms with Crippen molar-refractivity contribution in [3.63, 3.8) is 0 Å². The maximum Gasteiger partial charge on any atom is 0.243 e. The van der Waals surface area contributed by atoms with Gasteiger partial charge < -0.3 is 4.90 Å². The standard InChI is InChI=1S/C20H25N3O2S/c24-26(25,20-8-7-17-4-3-5-18(17)16-20)23-14-12-22(13-15-23)11-9-19-6-1-2-10-21-19/h1-2,6-8,10,16H,3-5,9,11-15H2. The van der Waals surface area contributed by atoms with E-state index in [0.29, 0.717) is 18.0 Å². The zero-order valence-electron chi connectivity index (χ0n) is 15.0. The van der Waals surface area contributed by atoms with Crippen molar-refractivity contribution in [2.24, 2.45) is 0 Å². The van der Waals surface area contributed by atoms with Crippen LogP contribution < -0.4 is 0 Å². The highest BCUT2D eigenvalue weighted by atomic mass is 32.2. The van der Waals surface area contributed by atoms with Crippen LogP contribution in [-0.2, 0) is 29.3 Å². The Morgan fingerprint density at radius 2 is 1.77 bits per heavy atom. The van der Waals surface area contributed by atoms with E-state index in [9.17, 15) is 8.42 Å². The lowest BCUT2D eigenvalue weighted by Crippen LogP contribution is -2.49. The molecule has 0 bridgehead atoms. The summed E-state index contributed by atoms with van der Waals surface area (Å²) in [6.07, 6.45) is 5.92. The quantitative estimate of drug-likeness (QED) is 0.808. The van der Waals surface area contributed by atoms with E-state index >= 15 is 0 Å². The zero-order chi connectivity index (χ0) is 18.0. The predicted octanol–water partition coefficient (Wildman–Crippen LogP) is 2.12. The average Bonchev–Trinajstić information content (AvgIpc) is 3.15. The maximum absolute atomic E-state index is 13.0. The smallest absolute Gasteiger partial charge is 0.243 e. The molecule has 2 heterocycles. The van der Waals surface area contributed by atoms with Crippen LogP contribution in [0.15, 0.2) is 47.5 Å². The minimum absolute atomic E-state index is 0.458. The van der Waals surface area contributed by atoms with E-state index in [0.717, 1.165) is 51.0 Å². The number of aryl methyl sites for hydroxylation is 2. The lowest BCUT2D eigenvalue weighted by atomic mass is 10.1. The van der Waals surface area contributed by atoms with Gasteiger partial charge in [-0.05, 0) is 54.7 Å². The van der Waals surface area contributed by atoms with Crippen molar-refractivity contribution in [1.82, 2.24) is 14.2 Å². The summed E-state index contributed by atoms with van der Waals surface area (Å²) < 4.78 is 27.6. The number of piperazine rings is 1.